The summed E-state index contributed by atoms with van der Waals surface area (Å²) in [5.74, 6) is 0.963. The van der Waals surface area contributed by atoms with E-state index in [-0.39, 0.29) is 5.75 Å². The van der Waals surface area contributed by atoms with Crippen molar-refractivity contribution in [3.05, 3.63) is 66.1 Å². The van der Waals surface area contributed by atoms with Crippen LogP contribution in [0.3, 0.4) is 0 Å². The fourth-order valence-corrected chi connectivity index (χ4v) is 1.91. The molecule has 0 fully saturated rings. The maximum absolute atomic E-state index is 10.5. The van der Waals surface area contributed by atoms with Crippen molar-refractivity contribution in [3.8, 4) is 11.5 Å². The van der Waals surface area contributed by atoms with Crippen LogP contribution >= 0.6 is 0 Å². The molecule has 0 aliphatic rings. The van der Waals surface area contributed by atoms with Crippen LogP contribution in [0.5, 0.6) is 11.5 Å². The predicted molar refractivity (Wildman–Crippen MR) is 74.1 cm³/mol. The van der Waals surface area contributed by atoms with Crippen LogP contribution < -0.4 is 4.74 Å². The highest BCUT2D eigenvalue weighted by molar-refractivity contribution is 5.38. The minimum absolute atomic E-state index is 0.209. The number of aromatic hydroxyl groups is 1. The van der Waals surface area contributed by atoms with E-state index in [1.807, 2.05) is 24.3 Å². The Bertz CT molecular complexity index is 527. The predicted octanol–water partition coefficient (Wildman–Crippen LogP) is 2.86. The Morgan fingerprint density at radius 3 is 2.11 bits per heavy atom. The Labute approximate surface area is 113 Å². The van der Waals surface area contributed by atoms with E-state index in [0.29, 0.717) is 0 Å². The number of rotatable bonds is 4. The summed E-state index contributed by atoms with van der Waals surface area (Å²) in [4.78, 5) is 0. The first-order valence-electron chi connectivity index (χ1n) is 6.03. The molecule has 0 spiro atoms. The molecule has 99 valence electrons. The lowest BCUT2D eigenvalue weighted by atomic mass is 9.89. The molecular weight excluding hydrogens is 240 g/mol. The molecule has 2 rings (SSSR count). The third-order valence-electron chi connectivity index (χ3n) is 3.02. The summed E-state index contributed by atoms with van der Waals surface area (Å²) in [5, 5.41) is 19.8. The monoisotopic (exact) mass is 257 g/mol. The Morgan fingerprint density at radius 1 is 1.00 bits per heavy atom. The van der Waals surface area contributed by atoms with Gasteiger partial charge in [-0.15, -0.1) is 0 Å². The van der Waals surface area contributed by atoms with Crippen LogP contribution in [0.1, 0.15) is 18.1 Å². The van der Waals surface area contributed by atoms with Gasteiger partial charge in [0.15, 0.2) is 0 Å². The molecule has 1 radical (unpaired) electrons. The second-order valence-corrected chi connectivity index (χ2v) is 4.61. The standard InChI is InChI=1S/C16H17O3/c1-16(18,11-12-3-7-14(17)8-4-12)13-5-9-15(19-2)10-6-13/h3-11,17-18H,1-2H3. The molecule has 2 aromatic rings. The highest BCUT2D eigenvalue weighted by Gasteiger charge is 2.23. The van der Waals surface area contributed by atoms with Crippen molar-refractivity contribution < 1.29 is 14.9 Å². The normalized spacial score (nSPS) is 13.8. The average molecular weight is 257 g/mol. The van der Waals surface area contributed by atoms with Gasteiger partial charge in [0.1, 0.15) is 11.5 Å². The van der Waals surface area contributed by atoms with E-state index >= 15 is 0 Å². The van der Waals surface area contributed by atoms with Crippen molar-refractivity contribution in [1.82, 2.24) is 0 Å². The number of benzene rings is 2. The summed E-state index contributed by atoms with van der Waals surface area (Å²) < 4.78 is 5.09. The second kappa shape index (κ2) is 5.33. The van der Waals surface area contributed by atoms with Crippen molar-refractivity contribution >= 4 is 0 Å². The van der Waals surface area contributed by atoms with E-state index in [9.17, 15) is 10.2 Å². The molecule has 0 amide bonds. The van der Waals surface area contributed by atoms with Crippen LogP contribution in [0.15, 0.2) is 48.5 Å². The van der Waals surface area contributed by atoms with Gasteiger partial charge in [0.2, 0.25) is 0 Å². The average Bonchev–Trinajstić information content (AvgIpc) is 2.41. The van der Waals surface area contributed by atoms with Crippen LogP contribution in [-0.2, 0) is 5.60 Å². The van der Waals surface area contributed by atoms with Crippen molar-refractivity contribution in [2.24, 2.45) is 0 Å². The number of methoxy groups -OCH3 is 1. The van der Waals surface area contributed by atoms with Gasteiger partial charge in [0.05, 0.1) is 12.7 Å². The topological polar surface area (TPSA) is 49.7 Å². The number of aliphatic hydroxyl groups is 1. The summed E-state index contributed by atoms with van der Waals surface area (Å²) >= 11 is 0. The minimum Gasteiger partial charge on any atom is -0.508 e. The van der Waals surface area contributed by atoms with Crippen LogP contribution in [0, 0.1) is 6.42 Å². The van der Waals surface area contributed by atoms with Crippen LogP contribution in [0.2, 0.25) is 0 Å². The van der Waals surface area contributed by atoms with Gasteiger partial charge in [0, 0.05) is 6.42 Å². The van der Waals surface area contributed by atoms with Crippen molar-refractivity contribution in [2.75, 3.05) is 7.11 Å². The lowest BCUT2D eigenvalue weighted by Gasteiger charge is -2.23. The molecule has 1 unspecified atom stereocenters. The van der Waals surface area contributed by atoms with Gasteiger partial charge in [-0.25, -0.2) is 0 Å². The number of ether oxygens (including phenoxy) is 1. The van der Waals surface area contributed by atoms with Crippen molar-refractivity contribution in [3.63, 3.8) is 0 Å². The molecule has 0 aliphatic heterocycles. The first-order chi connectivity index (χ1) is 9.01. The van der Waals surface area contributed by atoms with Crippen LogP contribution in [0.4, 0.5) is 0 Å². The van der Waals surface area contributed by atoms with E-state index in [0.717, 1.165) is 16.9 Å². The summed E-state index contributed by atoms with van der Waals surface area (Å²) in [6.07, 6.45) is 1.74. The van der Waals surface area contributed by atoms with Crippen molar-refractivity contribution in [2.45, 2.75) is 12.5 Å². The third-order valence-corrected chi connectivity index (χ3v) is 3.02. The van der Waals surface area contributed by atoms with E-state index < -0.39 is 5.60 Å². The summed E-state index contributed by atoms with van der Waals surface area (Å²) in [6.45, 7) is 1.72. The van der Waals surface area contributed by atoms with Crippen LogP contribution in [0.25, 0.3) is 0 Å². The first-order valence-corrected chi connectivity index (χ1v) is 6.03. The molecule has 2 N–H and O–H groups in total. The molecule has 0 aromatic heterocycles. The number of phenolic OH excluding ortho intramolecular Hbond substituents is 1. The molecule has 0 saturated heterocycles. The summed E-state index contributed by atoms with van der Waals surface area (Å²) in [6, 6.07) is 14.0. The van der Waals surface area contributed by atoms with Gasteiger partial charge in [-0.2, -0.15) is 0 Å². The molecule has 0 bridgehead atoms. The minimum atomic E-state index is -1.08. The second-order valence-electron chi connectivity index (χ2n) is 4.61. The Hall–Kier alpha value is -2.00. The number of phenols is 1. The molecular formula is C16H17O3. The van der Waals surface area contributed by atoms with Gasteiger partial charge >= 0.3 is 0 Å². The van der Waals surface area contributed by atoms with Gasteiger partial charge in [0.25, 0.3) is 0 Å². The zero-order chi connectivity index (χ0) is 13.9. The summed E-state index contributed by atoms with van der Waals surface area (Å²) in [5.41, 5.74) is 0.545. The highest BCUT2D eigenvalue weighted by Crippen LogP contribution is 2.29. The molecule has 19 heavy (non-hydrogen) atoms. The largest absolute Gasteiger partial charge is 0.508 e. The Morgan fingerprint density at radius 2 is 1.58 bits per heavy atom. The van der Waals surface area contributed by atoms with E-state index in [1.165, 1.54) is 0 Å². The molecule has 0 heterocycles. The molecule has 0 saturated carbocycles. The SMILES string of the molecule is COc1ccc(C(C)(O)[CH]c2ccc(O)cc2)cc1. The van der Waals surface area contributed by atoms with Gasteiger partial charge in [-0.3, -0.25) is 0 Å². The molecule has 3 heteroatoms. The molecule has 1 atom stereocenters. The Kier molecular flexibility index (Phi) is 3.76. The fourth-order valence-electron chi connectivity index (χ4n) is 1.91. The van der Waals surface area contributed by atoms with E-state index in [4.69, 9.17) is 4.74 Å². The van der Waals surface area contributed by atoms with E-state index in [1.54, 1.807) is 44.7 Å². The molecule has 0 aliphatic carbocycles. The van der Waals surface area contributed by atoms with Gasteiger partial charge in [-0.05, 0) is 42.3 Å². The zero-order valence-electron chi connectivity index (χ0n) is 11.0. The fraction of sp³-hybridized carbons (Fsp3) is 0.188. The number of hydrogen-bond donors (Lipinski definition) is 2. The highest BCUT2D eigenvalue weighted by atomic mass is 16.5. The van der Waals surface area contributed by atoms with Crippen LogP contribution in [-0.4, -0.2) is 17.3 Å². The van der Waals surface area contributed by atoms with Crippen molar-refractivity contribution in [1.29, 1.82) is 0 Å². The first kappa shape index (κ1) is 13.4. The van der Waals surface area contributed by atoms with Gasteiger partial charge in [-0.1, -0.05) is 24.3 Å². The lowest BCUT2D eigenvalue weighted by Crippen LogP contribution is -2.22. The molecule has 2 aromatic carbocycles. The van der Waals surface area contributed by atoms with Gasteiger partial charge < -0.3 is 14.9 Å². The third kappa shape index (κ3) is 3.26. The summed E-state index contributed by atoms with van der Waals surface area (Å²) in [7, 11) is 1.61. The molecule has 3 nitrogen and oxygen atoms in total. The quantitative estimate of drug-likeness (QED) is 0.885. The Balaban J connectivity index is 2.18. The number of hydrogen-bond acceptors (Lipinski definition) is 3. The smallest absolute Gasteiger partial charge is 0.118 e. The maximum Gasteiger partial charge on any atom is 0.118 e. The lowest BCUT2D eigenvalue weighted by molar-refractivity contribution is 0.0964. The maximum atomic E-state index is 10.5. The zero-order valence-corrected chi connectivity index (χ0v) is 11.0. The van der Waals surface area contributed by atoms with E-state index in [2.05, 4.69) is 0 Å².